The maximum atomic E-state index is 11.3. The second-order valence-electron chi connectivity index (χ2n) is 2.56. The summed E-state index contributed by atoms with van der Waals surface area (Å²) in [5.74, 6) is -1.08. The van der Waals surface area contributed by atoms with E-state index in [0.717, 1.165) is 4.88 Å². The van der Waals surface area contributed by atoms with E-state index in [2.05, 4.69) is 4.74 Å². The van der Waals surface area contributed by atoms with Crippen molar-refractivity contribution in [2.75, 3.05) is 6.26 Å². The van der Waals surface area contributed by atoms with Gasteiger partial charge in [-0.3, -0.25) is 0 Å². The molecule has 0 saturated heterocycles. The molecule has 2 heterocycles. The average molecular weight is 226 g/mol. The van der Waals surface area contributed by atoms with Crippen LogP contribution in [0, 0.1) is 0 Å². The summed E-state index contributed by atoms with van der Waals surface area (Å²) in [6.07, 6.45) is 1.75. The number of thioether (sulfide) groups is 1. The van der Waals surface area contributed by atoms with Crippen molar-refractivity contribution in [2.45, 2.75) is 0 Å². The predicted octanol–water partition coefficient (Wildman–Crippen LogP) is 1.91. The van der Waals surface area contributed by atoms with Crippen molar-refractivity contribution in [2.24, 2.45) is 0 Å². The van der Waals surface area contributed by atoms with Gasteiger partial charge in [-0.25, -0.2) is 9.59 Å². The van der Waals surface area contributed by atoms with Crippen LogP contribution in [-0.2, 0) is 14.3 Å². The highest BCUT2D eigenvalue weighted by Crippen LogP contribution is 2.34. The quantitative estimate of drug-likeness (QED) is 0.570. The number of hydrogen-bond donors (Lipinski definition) is 0. The highest BCUT2D eigenvalue weighted by Gasteiger charge is 2.33. The van der Waals surface area contributed by atoms with Crippen molar-refractivity contribution in [1.82, 2.24) is 0 Å². The molecular formula is C9H6O3S2. The highest BCUT2D eigenvalue weighted by atomic mass is 32.2. The lowest BCUT2D eigenvalue weighted by molar-refractivity contribution is -0.149. The maximum Gasteiger partial charge on any atom is 0.353 e. The number of esters is 2. The Balaban J connectivity index is 2.54. The van der Waals surface area contributed by atoms with Crippen molar-refractivity contribution < 1.29 is 14.3 Å². The summed E-state index contributed by atoms with van der Waals surface area (Å²) < 4.78 is 4.54. The molecule has 0 unspecified atom stereocenters. The Hall–Kier alpha value is -1.07. The molecule has 0 aromatic carbocycles. The zero-order valence-electron chi connectivity index (χ0n) is 7.27. The first-order chi connectivity index (χ1) is 6.74. The Morgan fingerprint density at radius 2 is 2.14 bits per heavy atom. The summed E-state index contributed by atoms with van der Waals surface area (Å²) in [6, 6.07) is 3.64. The van der Waals surface area contributed by atoms with Crippen LogP contribution in [0.2, 0.25) is 0 Å². The molecule has 0 amide bonds. The lowest BCUT2D eigenvalue weighted by atomic mass is 10.2. The minimum atomic E-state index is -0.540. The zero-order chi connectivity index (χ0) is 10.1. The molecule has 0 aliphatic carbocycles. The number of carbonyl (C=O) groups is 2. The van der Waals surface area contributed by atoms with Crippen LogP contribution in [0.25, 0.3) is 5.57 Å². The van der Waals surface area contributed by atoms with E-state index in [4.69, 9.17) is 0 Å². The Bertz CT molecular complexity index is 417. The molecule has 2 rings (SSSR count). The Morgan fingerprint density at radius 3 is 2.71 bits per heavy atom. The van der Waals surface area contributed by atoms with Crippen LogP contribution in [0.4, 0.5) is 0 Å². The second kappa shape index (κ2) is 3.59. The van der Waals surface area contributed by atoms with E-state index in [0.29, 0.717) is 10.5 Å². The fourth-order valence-corrected chi connectivity index (χ4v) is 2.63. The van der Waals surface area contributed by atoms with Gasteiger partial charge in [-0.1, -0.05) is 6.07 Å². The normalized spacial score (nSPS) is 16.4. The Labute approximate surface area is 88.8 Å². The fourth-order valence-electron chi connectivity index (χ4n) is 1.20. The fraction of sp³-hybridized carbons (Fsp3) is 0.111. The van der Waals surface area contributed by atoms with Gasteiger partial charge in [0.2, 0.25) is 0 Å². The van der Waals surface area contributed by atoms with Gasteiger partial charge in [0, 0.05) is 4.88 Å². The Kier molecular flexibility index (Phi) is 2.43. The summed E-state index contributed by atoms with van der Waals surface area (Å²) in [5, 5.41) is 1.86. The lowest BCUT2D eigenvalue weighted by Crippen LogP contribution is -2.00. The van der Waals surface area contributed by atoms with Crippen LogP contribution < -0.4 is 0 Å². The van der Waals surface area contributed by atoms with E-state index in [1.165, 1.54) is 23.1 Å². The Morgan fingerprint density at radius 1 is 1.36 bits per heavy atom. The molecule has 1 aromatic heterocycles. The van der Waals surface area contributed by atoms with Crippen molar-refractivity contribution in [3.05, 3.63) is 27.3 Å². The third-order valence-corrected chi connectivity index (χ3v) is 3.44. The van der Waals surface area contributed by atoms with Crippen LogP contribution in [0.1, 0.15) is 4.88 Å². The lowest BCUT2D eigenvalue weighted by Gasteiger charge is -1.93. The van der Waals surface area contributed by atoms with Gasteiger partial charge in [0.1, 0.15) is 4.91 Å². The zero-order valence-corrected chi connectivity index (χ0v) is 8.91. The van der Waals surface area contributed by atoms with Crippen LogP contribution in [-0.4, -0.2) is 18.2 Å². The van der Waals surface area contributed by atoms with Crippen molar-refractivity contribution >= 4 is 40.6 Å². The number of cyclic esters (lactones) is 2. The largest absolute Gasteiger partial charge is 0.385 e. The summed E-state index contributed by atoms with van der Waals surface area (Å²) in [7, 11) is 0. The van der Waals surface area contributed by atoms with Gasteiger partial charge in [0.15, 0.2) is 0 Å². The number of thiophene rings is 1. The first kappa shape index (κ1) is 9.48. The topological polar surface area (TPSA) is 43.4 Å². The molecule has 72 valence electrons. The van der Waals surface area contributed by atoms with E-state index in [1.54, 1.807) is 12.3 Å². The molecule has 1 aliphatic heterocycles. The number of carbonyl (C=O) groups excluding carboxylic acids is 2. The molecule has 0 N–H and O–H groups in total. The van der Waals surface area contributed by atoms with E-state index >= 15 is 0 Å². The maximum absolute atomic E-state index is 11.3. The summed E-state index contributed by atoms with van der Waals surface area (Å²) in [6.45, 7) is 0. The molecule has 0 fully saturated rings. The van der Waals surface area contributed by atoms with Gasteiger partial charge in [-0.05, 0) is 17.7 Å². The average Bonchev–Trinajstić information content (AvgIpc) is 2.72. The number of rotatable bonds is 2. The van der Waals surface area contributed by atoms with Crippen molar-refractivity contribution in [3.63, 3.8) is 0 Å². The predicted molar refractivity (Wildman–Crippen MR) is 55.9 cm³/mol. The van der Waals surface area contributed by atoms with Crippen molar-refractivity contribution in [3.8, 4) is 0 Å². The number of hydrogen-bond acceptors (Lipinski definition) is 5. The highest BCUT2D eigenvalue weighted by molar-refractivity contribution is 8.03. The first-order valence-corrected chi connectivity index (χ1v) is 5.93. The minimum Gasteiger partial charge on any atom is -0.385 e. The molecule has 14 heavy (non-hydrogen) atoms. The molecular weight excluding hydrogens is 220 g/mol. The molecule has 0 atom stereocenters. The van der Waals surface area contributed by atoms with E-state index < -0.39 is 11.9 Å². The van der Waals surface area contributed by atoms with E-state index in [9.17, 15) is 9.59 Å². The molecule has 0 radical (unpaired) electrons. The smallest absolute Gasteiger partial charge is 0.353 e. The van der Waals surface area contributed by atoms with Gasteiger partial charge in [0.05, 0.1) is 5.57 Å². The van der Waals surface area contributed by atoms with Gasteiger partial charge < -0.3 is 4.74 Å². The molecule has 1 aromatic rings. The molecule has 0 bridgehead atoms. The third-order valence-electron chi connectivity index (χ3n) is 1.77. The van der Waals surface area contributed by atoms with Crippen LogP contribution >= 0.6 is 23.1 Å². The summed E-state index contributed by atoms with van der Waals surface area (Å²) >= 11 is 2.66. The van der Waals surface area contributed by atoms with Gasteiger partial charge >= 0.3 is 11.9 Å². The standard InChI is InChI=1S/C9H6O3S2/c1-13-7-6(5-3-2-4-14-5)8(10)12-9(7)11/h2-4H,1H3. The molecule has 3 nitrogen and oxygen atoms in total. The van der Waals surface area contributed by atoms with E-state index in [1.807, 2.05) is 11.4 Å². The van der Waals surface area contributed by atoms with Gasteiger partial charge in [-0.15, -0.1) is 23.1 Å². The summed E-state index contributed by atoms with van der Waals surface area (Å²) in [4.78, 5) is 23.7. The van der Waals surface area contributed by atoms with Gasteiger partial charge in [0.25, 0.3) is 0 Å². The summed E-state index contributed by atoms with van der Waals surface area (Å²) in [5.41, 5.74) is 0.400. The monoisotopic (exact) mass is 226 g/mol. The van der Waals surface area contributed by atoms with Crippen molar-refractivity contribution in [1.29, 1.82) is 0 Å². The number of ether oxygens (including phenoxy) is 1. The third kappa shape index (κ3) is 1.38. The van der Waals surface area contributed by atoms with E-state index in [-0.39, 0.29) is 0 Å². The van der Waals surface area contributed by atoms with Crippen LogP contribution in [0.15, 0.2) is 22.4 Å². The molecule has 0 spiro atoms. The molecule has 1 aliphatic rings. The molecule has 5 heteroatoms. The first-order valence-electron chi connectivity index (χ1n) is 3.82. The van der Waals surface area contributed by atoms with Crippen LogP contribution in [0.5, 0.6) is 0 Å². The SMILES string of the molecule is CSC1=C(c2cccs2)C(=O)OC1=O. The molecule has 0 saturated carbocycles. The minimum absolute atomic E-state index is 0.400. The second-order valence-corrected chi connectivity index (χ2v) is 4.33. The van der Waals surface area contributed by atoms with Crippen LogP contribution in [0.3, 0.4) is 0 Å². The van der Waals surface area contributed by atoms with Gasteiger partial charge in [-0.2, -0.15) is 0 Å².